The average molecular weight is 555 g/mol. The first-order chi connectivity index (χ1) is 19.4. The van der Waals surface area contributed by atoms with Crippen molar-refractivity contribution in [1.82, 2.24) is 0 Å². The van der Waals surface area contributed by atoms with Crippen LogP contribution in [0.4, 0.5) is 0 Å². The van der Waals surface area contributed by atoms with E-state index in [0.717, 1.165) is 8.97 Å². The summed E-state index contributed by atoms with van der Waals surface area (Å²) in [6, 6.07) is 23.7. The van der Waals surface area contributed by atoms with E-state index in [4.69, 9.17) is 0 Å². The van der Waals surface area contributed by atoms with Crippen LogP contribution in [-0.4, -0.2) is 64.3 Å². The zero-order valence-electron chi connectivity index (χ0n) is 27.7. The van der Waals surface area contributed by atoms with Crippen molar-refractivity contribution >= 4 is 0 Å². The lowest BCUT2D eigenvalue weighted by Gasteiger charge is -2.33. The molecule has 0 unspecified atom stereocenters. The normalized spacial score (nSPS) is 14.2. The zero-order chi connectivity index (χ0) is 29.7. The second-order valence-corrected chi connectivity index (χ2v) is 15.1. The molecule has 3 aromatic carbocycles. The Balaban J connectivity index is 1.63. The molecule has 0 N–H and O–H groups in total. The number of fused-ring (bicyclic) bond motifs is 3. The molecule has 0 heterocycles. The number of benzene rings is 3. The summed E-state index contributed by atoms with van der Waals surface area (Å²) in [4.78, 5) is 0. The van der Waals surface area contributed by atoms with E-state index in [0.29, 0.717) is 0 Å². The summed E-state index contributed by atoms with van der Waals surface area (Å²) in [5.74, 6) is 0. The highest BCUT2D eigenvalue weighted by atomic mass is 15.3. The molecule has 0 fully saturated rings. The molecule has 0 amide bonds. The predicted molar refractivity (Wildman–Crippen MR) is 180 cm³/mol. The van der Waals surface area contributed by atoms with Gasteiger partial charge in [0.25, 0.3) is 0 Å². The molecular formula is C39H58N2+2. The summed E-state index contributed by atoms with van der Waals surface area (Å²) in [5, 5.41) is 0. The SMILES string of the molecule is Cc1ccc(C)c(-c2ccc3c(c2)C(CCCCCC[N+](C)(C)C)(CCCCCC[N+](C)(C)C)c2ccccc2-3)c1. The Bertz CT molecular complexity index is 1260. The smallest absolute Gasteiger partial charge is 0.0780 e. The van der Waals surface area contributed by atoms with Crippen LogP contribution < -0.4 is 0 Å². The fraction of sp³-hybridized carbons (Fsp3) is 0.538. The van der Waals surface area contributed by atoms with Crippen molar-refractivity contribution in [2.24, 2.45) is 0 Å². The largest absolute Gasteiger partial charge is 0.331 e. The third kappa shape index (κ3) is 8.11. The Morgan fingerprint density at radius 3 is 1.68 bits per heavy atom. The Morgan fingerprint density at radius 1 is 0.512 bits per heavy atom. The van der Waals surface area contributed by atoms with Crippen LogP contribution in [0.2, 0.25) is 0 Å². The van der Waals surface area contributed by atoms with Crippen molar-refractivity contribution in [3.8, 4) is 22.3 Å². The van der Waals surface area contributed by atoms with Crippen LogP contribution in [0.1, 0.15) is 86.5 Å². The summed E-state index contributed by atoms with van der Waals surface area (Å²) in [6.07, 6.45) is 13.1. The molecule has 2 nitrogen and oxygen atoms in total. The maximum atomic E-state index is 2.59. The van der Waals surface area contributed by atoms with E-state index in [-0.39, 0.29) is 5.41 Å². The summed E-state index contributed by atoms with van der Waals surface area (Å²) < 4.78 is 2.14. The van der Waals surface area contributed by atoms with Crippen LogP contribution in [0.3, 0.4) is 0 Å². The van der Waals surface area contributed by atoms with E-state index in [9.17, 15) is 0 Å². The molecule has 0 saturated carbocycles. The minimum Gasteiger partial charge on any atom is -0.331 e. The molecule has 1 aliphatic rings. The van der Waals surface area contributed by atoms with Gasteiger partial charge >= 0.3 is 0 Å². The fourth-order valence-corrected chi connectivity index (χ4v) is 7.07. The molecular weight excluding hydrogens is 496 g/mol. The second-order valence-electron chi connectivity index (χ2n) is 15.1. The van der Waals surface area contributed by atoms with Crippen LogP contribution in [0, 0.1) is 13.8 Å². The van der Waals surface area contributed by atoms with E-state index in [1.165, 1.54) is 111 Å². The lowest BCUT2D eigenvalue weighted by molar-refractivity contribution is -0.870. The van der Waals surface area contributed by atoms with E-state index < -0.39 is 0 Å². The summed E-state index contributed by atoms with van der Waals surface area (Å²) in [5.41, 5.74) is 11.7. The molecule has 0 bridgehead atoms. The highest BCUT2D eigenvalue weighted by molar-refractivity contribution is 5.84. The maximum Gasteiger partial charge on any atom is 0.0780 e. The summed E-state index contributed by atoms with van der Waals surface area (Å²) in [7, 11) is 13.9. The van der Waals surface area contributed by atoms with Crippen LogP contribution >= 0.6 is 0 Å². The number of aryl methyl sites for hydroxylation is 2. The van der Waals surface area contributed by atoms with Crippen LogP contribution in [0.15, 0.2) is 60.7 Å². The number of nitrogens with zero attached hydrogens (tertiary/aromatic N) is 2. The Labute approximate surface area is 252 Å². The molecule has 0 aromatic heterocycles. The molecule has 222 valence electrons. The van der Waals surface area contributed by atoms with Gasteiger partial charge in [0, 0.05) is 5.41 Å². The van der Waals surface area contributed by atoms with Crippen LogP contribution in [0.25, 0.3) is 22.3 Å². The fourth-order valence-electron chi connectivity index (χ4n) is 7.07. The monoisotopic (exact) mass is 554 g/mol. The standard InChI is InChI=1S/C39H58N2/c1-31-21-22-32(2)36(29-31)33-23-24-35-34-19-13-14-20-37(34)39(38(35)30-33,25-15-9-11-17-27-40(3,4)5)26-16-10-12-18-28-41(6,7)8/h13-14,19-24,29-30H,9-12,15-18,25-28H2,1-8H3/q+2. The van der Waals surface area contributed by atoms with Crippen molar-refractivity contribution in [3.63, 3.8) is 0 Å². The van der Waals surface area contributed by atoms with Gasteiger partial charge < -0.3 is 8.97 Å². The zero-order valence-corrected chi connectivity index (χ0v) is 27.7. The van der Waals surface area contributed by atoms with Gasteiger partial charge in [-0.3, -0.25) is 0 Å². The van der Waals surface area contributed by atoms with Gasteiger partial charge in [-0.25, -0.2) is 0 Å². The van der Waals surface area contributed by atoms with Crippen molar-refractivity contribution in [3.05, 3.63) is 82.9 Å². The predicted octanol–water partition coefficient (Wildman–Crippen LogP) is 9.55. The molecule has 0 radical (unpaired) electrons. The van der Waals surface area contributed by atoms with Crippen LogP contribution in [-0.2, 0) is 5.41 Å². The highest BCUT2D eigenvalue weighted by Crippen LogP contribution is 2.55. The van der Waals surface area contributed by atoms with Crippen molar-refractivity contribution in [2.45, 2.75) is 83.5 Å². The topological polar surface area (TPSA) is 0 Å². The van der Waals surface area contributed by atoms with E-state index in [2.05, 4.69) is 117 Å². The molecule has 0 saturated heterocycles. The first-order valence-corrected chi connectivity index (χ1v) is 16.3. The number of hydrogen-bond donors (Lipinski definition) is 0. The highest BCUT2D eigenvalue weighted by Gasteiger charge is 2.42. The average Bonchev–Trinajstić information content (AvgIpc) is 3.17. The van der Waals surface area contributed by atoms with E-state index in [1.54, 1.807) is 11.1 Å². The lowest BCUT2D eigenvalue weighted by atomic mass is 9.70. The number of quaternary nitrogens is 2. The first-order valence-electron chi connectivity index (χ1n) is 16.3. The van der Waals surface area contributed by atoms with Crippen LogP contribution in [0.5, 0.6) is 0 Å². The molecule has 41 heavy (non-hydrogen) atoms. The Kier molecular flexibility index (Phi) is 10.2. The van der Waals surface area contributed by atoms with Gasteiger partial charge in [-0.15, -0.1) is 0 Å². The van der Waals surface area contributed by atoms with Gasteiger partial charge in [0.15, 0.2) is 0 Å². The van der Waals surface area contributed by atoms with Gasteiger partial charge in [0.05, 0.1) is 55.4 Å². The second kappa shape index (κ2) is 13.3. The third-order valence-electron chi connectivity index (χ3n) is 9.34. The molecule has 1 aliphatic carbocycles. The summed E-state index contributed by atoms with van der Waals surface area (Å²) >= 11 is 0. The molecule has 0 aliphatic heterocycles. The molecule has 0 spiro atoms. The maximum absolute atomic E-state index is 2.59. The van der Waals surface area contributed by atoms with Gasteiger partial charge in [0.1, 0.15) is 0 Å². The molecule has 4 rings (SSSR count). The Hall–Kier alpha value is -2.42. The minimum atomic E-state index is 0.125. The molecule has 3 aromatic rings. The van der Waals surface area contributed by atoms with E-state index in [1.807, 2.05) is 0 Å². The summed E-state index contributed by atoms with van der Waals surface area (Å²) in [6.45, 7) is 7.01. The quantitative estimate of drug-likeness (QED) is 0.130. The van der Waals surface area contributed by atoms with Crippen molar-refractivity contribution in [2.75, 3.05) is 55.4 Å². The van der Waals surface area contributed by atoms with E-state index >= 15 is 0 Å². The number of unbranched alkanes of at least 4 members (excludes halogenated alkanes) is 6. The van der Waals surface area contributed by atoms with Gasteiger partial charge in [-0.1, -0.05) is 85.8 Å². The first kappa shape index (κ1) is 31.5. The lowest BCUT2D eigenvalue weighted by Crippen LogP contribution is -2.35. The van der Waals surface area contributed by atoms with Crippen molar-refractivity contribution in [1.29, 1.82) is 0 Å². The van der Waals surface area contributed by atoms with Crippen molar-refractivity contribution < 1.29 is 8.97 Å². The van der Waals surface area contributed by atoms with Gasteiger partial charge in [-0.2, -0.15) is 0 Å². The van der Waals surface area contributed by atoms with Gasteiger partial charge in [0.2, 0.25) is 0 Å². The number of hydrogen-bond acceptors (Lipinski definition) is 0. The Morgan fingerprint density at radius 2 is 1.07 bits per heavy atom. The third-order valence-corrected chi connectivity index (χ3v) is 9.34. The van der Waals surface area contributed by atoms with Gasteiger partial charge in [-0.05, 0) is 97.4 Å². The minimum absolute atomic E-state index is 0.125. The number of rotatable bonds is 15. The molecule has 0 atom stereocenters. The molecule has 2 heteroatoms.